The Morgan fingerprint density at radius 2 is 1.64 bits per heavy atom. The Hall–Kier alpha value is -4.78. The van der Waals surface area contributed by atoms with E-state index in [1.54, 1.807) is 43.5 Å². The number of hydrogen-bond donors (Lipinski definition) is 1. The first-order chi connectivity index (χ1) is 18.8. The van der Waals surface area contributed by atoms with Crippen LogP contribution < -0.4 is 14.4 Å². The second kappa shape index (κ2) is 10.5. The van der Waals surface area contributed by atoms with E-state index in [1.807, 2.05) is 63.2 Å². The molecule has 1 aromatic heterocycles. The summed E-state index contributed by atoms with van der Waals surface area (Å²) >= 11 is 0. The van der Waals surface area contributed by atoms with Gasteiger partial charge in [0.25, 0.3) is 11.7 Å². The number of anilines is 1. The quantitative estimate of drug-likeness (QED) is 0.157. The number of aliphatic hydroxyl groups excluding tert-OH is 1. The number of rotatable bonds is 7. The van der Waals surface area contributed by atoms with Gasteiger partial charge in [0.05, 0.1) is 18.9 Å². The van der Waals surface area contributed by atoms with E-state index in [4.69, 9.17) is 13.9 Å². The molecule has 1 aliphatic rings. The molecule has 0 saturated carbocycles. The number of ketones is 1. The standard InChI is InChI=1S/C32H29NO6/c1-19(2)24-18-25(20(3)17-27(24)37-4)30(34)28-29(26-11-8-16-38-26)33(32(36)31(28)35)21-12-14-23(15-13-21)39-22-9-6-5-7-10-22/h5-19,29,34H,1-4H3/b30-28+. The molecule has 0 spiro atoms. The van der Waals surface area contributed by atoms with Crippen molar-refractivity contribution in [1.82, 2.24) is 0 Å². The van der Waals surface area contributed by atoms with Gasteiger partial charge in [0.15, 0.2) is 0 Å². The Morgan fingerprint density at radius 3 is 2.26 bits per heavy atom. The molecular weight excluding hydrogens is 494 g/mol. The SMILES string of the molecule is COc1cc(C)c(/C(O)=C2\C(=O)C(=O)N(c3ccc(Oc4ccccc4)cc3)C2c2ccco2)cc1C(C)C. The van der Waals surface area contributed by atoms with Crippen LogP contribution in [0.1, 0.15) is 48.3 Å². The second-order valence-electron chi connectivity index (χ2n) is 9.66. The molecule has 0 aliphatic carbocycles. The van der Waals surface area contributed by atoms with Crippen molar-refractivity contribution in [1.29, 1.82) is 0 Å². The van der Waals surface area contributed by atoms with Gasteiger partial charge in [0, 0.05) is 11.3 Å². The molecule has 1 N–H and O–H groups in total. The molecule has 4 aromatic rings. The van der Waals surface area contributed by atoms with Gasteiger partial charge in [0.1, 0.15) is 34.8 Å². The van der Waals surface area contributed by atoms with Crippen molar-refractivity contribution in [3.63, 3.8) is 0 Å². The zero-order valence-corrected chi connectivity index (χ0v) is 22.2. The zero-order chi connectivity index (χ0) is 27.7. The summed E-state index contributed by atoms with van der Waals surface area (Å²) in [4.78, 5) is 28.3. The highest BCUT2D eigenvalue weighted by Crippen LogP contribution is 2.44. The maximum atomic E-state index is 13.5. The Labute approximate surface area is 226 Å². The summed E-state index contributed by atoms with van der Waals surface area (Å²) in [6.45, 7) is 5.86. The van der Waals surface area contributed by atoms with E-state index in [9.17, 15) is 14.7 Å². The third-order valence-electron chi connectivity index (χ3n) is 6.80. The molecule has 1 unspecified atom stereocenters. The normalized spacial score (nSPS) is 16.6. The van der Waals surface area contributed by atoms with Gasteiger partial charge in [-0.2, -0.15) is 0 Å². The molecule has 198 valence electrons. The number of aliphatic hydroxyl groups is 1. The fourth-order valence-corrected chi connectivity index (χ4v) is 4.84. The first kappa shape index (κ1) is 25.9. The van der Waals surface area contributed by atoms with Gasteiger partial charge in [-0.15, -0.1) is 0 Å². The van der Waals surface area contributed by atoms with Crippen molar-refractivity contribution in [2.75, 3.05) is 12.0 Å². The largest absolute Gasteiger partial charge is 0.507 e. The van der Waals surface area contributed by atoms with Crippen LogP contribution in [0.4, 0.5) is 5.69 Å². The number of benzene rings is 3. The minimum atomic E-state index is -0.954. The van der Waals surface area contributed by atoms with E-state index in [-0.39, 0.29) is 17.3 Å². The summed E-state index contributed by atoms with van der Waals surface area (Å²) in [5.41, 5.74) is 2.47. The maximum Gasteiger partial charge on any atom is 0.300 e. The third-order valence-corrected chi connectivity index (χ3v) is 6.80. The number of ether oxygens (including phenoxy) is 2. The van der Waals surface area contributed by atoms with Gasteiger partial charge in [-0.1, -0.05) is 32.0 Å². The van der Waals surface area contributed by atoms with Crippen LogP contribution in [-0.2, 0) is 9.59 Å². The first-order valence-electron chi connectivity index (χ1n) is 12.7. The van der Waals surface area contributed by atoms with Crippen LogP contribution in [0.3, 0.4) is 0 Å². The van der Waals surface area contributed by atoms with Gasteiger partial charge < -0.3 is 19.0 Å². The van der Waals surface area contributed by atoms with E-state index in [2.05, 4.69) is 0 Å². The number of carbonyl (C=O) groups excluding carboxylic acids is 2. The van der Waals surface area contributed by atoms with Crippen molar-refractivity contribution in [3.8, 4) is 17.2 Å². The molecule has 7 nitrogen and oxygen atoms in total. The zero-order valence-electron chi connectivity index (χ0n) is 22.2. The number of aryl methyl sites for hydroxylation is 1. The summed E-state index contributed by atoms with van der Waals surface area (Å²) < 4.78 is 17.1. The summed E-state index contributed by atoms with van der Waals surface area (Å²) in [5.74, 6) is 0.596. The highest BCUT2D eigenvalue weighted by atomic mass is 16.5. The fraction of sp³-hybridized carbons (Fsp3) is 0.188. The minimum Gasteiger partial charge on any atom is -0.507 e. The topological polar surface area (TPSA) is 89.2 Å². The molecule has 39 heavy (non-hydrogen) atoms. The van der Waals surface area contributed by atoms with Crippen molar-refractivity contribution in [2.24, 2.45) is 0 Å². The maximum absolute atomic E-state index is 13.5. The minimum absolute atomic E-state index is 0.0393. The molecular formula is C32H29NO6. The van der Waals surface area contributed by atoms with Crippen LogP contribution in [0.25, 0.3) is 5.76 Å². The number of Topliss-reactive ketones (excluding diaryl/α,β-unsaturated/α-hetero) is 1. The van der Waals surface area contributed by atoms with Crippen molar-refractivity contribution in [3.05, 3.63) is 113 Å². The van der Waals surface area contributed by atoms with Crippen LogP contribution in [0.15, 0.2) is 95.1 Å². The summed E-state index contributed by atoms with van der Waals surface area (Å²) in [7, 11) is 1.60. The van der Waals surface area contributed by atoms with Crippen molar-refractivity contribution in [2.45, 2.75) is 32.7 Å². The van der Waals surface area contributed by atoms with Gasteiger partial charge in [0.2, 0.25) is 0 Å². The molecule has 0 radical (unpaired) electrons. The van der Waals surface area contributed by atoms with Crippen LogP contribution >= 0.6 is 0 Å². The average Bonchev–Trinajstić information content (AvgIpc) is 3.56. The molecule has 1 aliphatic heterocycles. The Bertz CT molecular complexity index is 1540. The molecule has 7 heteroatoms. The lowest BCUT2D eigenvalue weighted by Crippen LogP contribution is -2.29. The highest BCUT2D eigenvalue weighted by molar-refractivity contribution is 6.51. The number of methoxy groups -OCH3 is 1. The lowest BCUT2D eigenvalue weighted by molar-refractivity contribution is -0.132. The smallest absolute Gasteiger partial charge is 0.300 e. The van der Waals surface area contributed by atoms with E-state index in [1.165, 1.54) is 11.2 Å². The molecule has 1 atom stereocenters. The number of nitrogens with zero attached hydrogens (tertiary/aromatic N) is 1. The Morgan fingerprint density at radius 1 is 0.949 bits per heavy atom. The summed E-state index contributed by atoms with van der Waals surface area (Å²) in [5, 5.41) is 11.6. The van der Waals surface area contributed by atoms with Crippen LogP contribution in [0.2, 0.25) is 0 Å². The number of furan rings is 1. The van der Waals surface area contributed by atoms with Crippen molar-refractivity contribution >= 4 is 23.1 Å². The van der Waals surface area contributed by atoms with E-state index < -0.39 is 17.7 Å². The number of para-hydroxylation sites is 1. The monoisotopic (exact) mass is 523 g/mol. The molecule has 1 amide bonds. The molecule has 5 rings (SSSR count). The van der Waals surface area contributed by atoms with Crippen molar-refractivity contribution < 1.29 is 28.6 Å². The Balaban J connectivity index is 1.60. The first-order valence-corrected chi connectivity index (χ1v) is 12.7. The predicted molar refractivity (Wildman–Crippen MR) is 148 cm³/mol. The second-order valence-corrected chi connectivity index (χ2v) is 9.66. The third kappa shape index (κ3) is 4.79. The number of amides is 1. The van der Waals surface area contributed by atoms with E-state index >= 15 is 0 Å². The van der Waals surface area contributed by atoms with Gasteiger partial charge >= 0.3 is 0 Å². The lowest BCUT2D eigenvalue weighted by Gasteiger charge is -2.24. The van der Waals surface area contributed by atoms with Gasteiger partial charge in [-0.05, 0) is 84.6 Å². The van der Waals surface area contributed by atoms with Gasteiger partial charge in [-0.25, -0.2) is 0 Å². The number of hydrogen-bond acceptors (Lipinski definition) is 6. The molecule has 1 fully saturated rings. The molecule has 3 aromatic carbocycles. The van der Waals surface area contributed by atoms with Crippen LogP contribution in [0, 0.1) is 6.92 Å². The molecule has 1 saturated heterocycles. The van der Waals surface area contributed by atoms with Crippen LogP contribution in [-0.4, -0.2) is 23.9 Å². The lowest BCUT2D eigenvalue weighted by atomic mass is 9.92. The van der Waals surface area contributed by atoms with Crippen LogP contribution in [0.5, 0.6) is 17.2 Å². The molecule has 0 bridgehead atoms. The highest BCUT2D eigenvalue weighted by Gasteiger charge is 2.48. The van der Waals surface area contributed by atoms with E-state index in [0.29, 0.717) is 39.8 Å². The molecule has 2 heterocycles. The average molecular weight is 524 g/mol. The predicted octanol–water partition coefficient (Wildman–Crippen LogP) is 7.14. The van der Waals surface area contributed by atoms with Gasteiger partial charge in [-0.3, -0.25) is 14.5 Å². The van der Waals surface area contributed by atoms with E-state index in [0.717, 1.165) is 5.56 Å². The summed E-state index contributed by atoms with van der Waals surface area (Å²) in [6, 6.07) is 22.3. The fourth-order valence-electron chi connectivity index (χ4n) is 4.84. The summed E-state index contributed by atoms with van der Waals surface area (Å²) in [6.07, 6.45) is 1.47. The Kier molecular flexibility index (Phi) is 6.98. The number of carbonyl (C=O) groups is 2.